The first-order chi connectivity index (χ1) is 10.2. The Bertz CT molecular complexity index is 587. The second-order valence-electron chi connectivity index (χ2n) is 4.38. The lowest BCUT2D eigenvalue weighted by Gasteiger charge is -2.09. The topological polar surface area (TPSA) is 68.2 Å². The molecule has 0 radical (unpaired) electrons. The number of urea groups is 1. The van der Waals surface area contributed by atoms with Crippen molar-refractivity contribution in [2.24, 2.45) is 0 Å². The van der Waals surface area contributed by atoms with E-state index in [9.17, 15) is 9.18 Å². The van der Waals surface area contributed by atoms with E-state index in [4.69, 9.17) is 4.74 Å². The van der Waals surface area contributed by atoms with Gasteiger partial charge in [-0.1, -0.05) is 0 Å². The Morgan fingerprint density at radius 3 is 3.00 bits per heavy atom. The standard InChI is InChI=1S/C14H17FN4O2/c1-21-13-4-3-11(9-12(13)15)18-14(20)17-5-2-7-19-8-6-16-10-19/h3-4,6,8-10H,2,5,7H2,1H3,(H2,17,18,20). The van der Waals surface area contributed by atoms with Crippen molar-refractivity contribution in [1.29, 1.82) is 0 Å². The van der Waals surface area contributed by atoms with Gasteiger partial charge in [-0.05, 0) is 18.6 Å². The van der Waals surface area contributed by atoms with Crippen LogP contribution in [-0.4, -0.2) is 29.2 Å². The van der Waals surface area contributed by atoms with Gasteiger partial charge in [-0.25, -0.2) is 14.2 Å². The lowest BCUT2D eigenvalue weighted by Crippen LogP contribution is -2.30. The van der Waals surface area contributed by atoms with E-state index in [1.54, 1.807) is 18.6 Å². The summed E-state index contributed by atoms with van der Waals surface area (Å²) in [6, 6.07) is 3.88. The normalized spacial score (nSPS) is 10.2. The highest BCUT2D eigenvalue weighted by Gasteiger charge is 2.06. The fraction of sp³-hybridized carbons (Fsp3) is 0.286. The molecule has 7 heteroatoms. The van der Waals surface area contributed by atoms with Crippen molar-refractivity contribution in [3.8, 4) is 5.75 Å². The van der Waals surface area contributed by atoms with Crippen molar-refractivity contribution in [3.05, 3.63) is 42.7 Å². The second-order valence-corrected chi connectivity index (χ2v) is 4.38. The number of imidazole rings is 1. The third-order valence-corrected chi connectivity index (χ3v) is 2.85. The number of rotatable bonds is 6. The number of hydrogen-bond acceptors (Lipinski definition) is 3. The Morgan fingerprint density at radius 1 is 1.48 bits per heavy atom. The fourth-order valence-corrected chi connectivity index (χ4v) is 1.80. The molecule has 6 nitrogen and oxygen atoms in total. The summed E-state index contributed by atoms with van der Waals surface area (Å²) in [5.74, 6) is -0.378. The summed E-state index contributed by atoms with van der Waals surface area (Å²) >= 11 is 0. The Balaban J connectivity index is 1.72. The largest absolute Gasteiger partial charge is 0.494 e. The number of methoxy groups -OCH3 is 1. The number of aromatic nitrogens is 2. The van der Waals surface area contributed by atoms with Crippen LogP contribution in [0.1, 0.15) is 6.42 Å². The minimum absolute atomic E-state index is 0.140. The van der Waals surface area contributed by atoms with Crippen LogP contribution < -0.4 is 15.4 Å². The predicted molar refractivity (Wildman–Crippen MR) is 76.8 cm³/mol. The molecule has 2 amide bonds. The molecule has 0 fully saturated rings. The molecular weight excluding hydrogens is 275 g/mol. The van der Waals surface area contributed by atoms with Crippen LogP contribution in [0.3, 0.4) is 0 Å². The Morgan fingerprint density at radius 2 is 2.33 bits per heavy atom. The molecule has 0 saturated heterocycles. The maximum atomic E-state index is 13.5. The average Bonchev–Trinajstić information content (AvgIpc) is 2.97. The zero-order chi connectivity index (χ0) is 15.1. The molecule has 0 spiro atoms. The number of halogens is 1. The zero-order valence-electron chi connectivity index (χ0n) is 11.7. The van der Waals surface area contributed by atoms with Crippen LogP contribution in [0.15, 0.2) is 36.9 Å². The summed E-state index contributed by atoms with van der Waals surface area (Å²) in [6.07, 6.45) is 6.07. The van der Waals surface area contributed by atoms with Crippen molar-refractivity contribution in [2.45, 2.75) is 13.0 Å². The van der Waals surface area contributed by atoms with Gasteiger partial charge < -0.3 is 19.9 Å². The Hall–Kier alpha value is -2.57. The molecule has 0 aliphatic heterocycles. The second kappa shape index (κ2) is 7.28. The SMILES string of the molecule is COc1ccc(NC(=O)NCCCn2ccnc2)cc1F. The maximum Gasteiger partial charge on any atom is 0.319 e. The van der Waals surface area contributed by atoms with Gasteiger partial charge in [0.2, 0.25) is 0 Å². The van der Waals surface area contributed by atoms with Crippen molar-refractivity contribution >= 4 is 11.7 Å². The molecule has 1 heterocycles. The Labute approximate surface area is 121 Å². The molecule has 0 aliphatic carbocycles. The van der Waals surface area contributed by atoms with E-state index in [1.165, 1.54) is 19.2 Å². The number of amides is 2. The first kappa shape index (κ1) is 14.8. The number of anilines is 1. The van der Waals surface area contributed by atoms with E-state index < -0.39 is 5.82 Å². The van der Waals surface area contributed by atoms with Gasteiger partial charge in [0.1, 0.15) is 0 Å². The molecule has 0 bridgehead atoms. The van der Waals surface area contributed by atoms with Crippen LogP contribution in [0.2, 0.25) is 0 Å². The van der Waals surface area contributed by atoms with E-state index in [0.717, 1.165) is 13.0 Å². The number of nitrogens with zero attached hydrogens (tertiary/aromatic N) is 2. The molecule has 0 aliphatic rings. The van der Waals surface area contributed by atoms with Gasteiger partial charge in [-0.3, -0.25) is 0 Å². The number of hydrogen-bond donors (Lipinski definition) is 2. The highest BCUT2D eigenvalue weighted by molar-refractivity contribution is 5.89. The minimum Gasteiger partial charge on any atom is -0.494 e. The number of aryl methyl sites for hydroxylation is 1. The summed E-state index contributed by atoms with van der Waals surface area (Å²) < 4.78 is 20.2. The van der Waals surface area contributed by atoms with Gasteiger partial charge in [0, 0.05) is 37.2 Å². The van der Waals surface area contributed by atoms with Crippen LogP contribution in [-0.2, 0) is 6.54 Å². The third kappa shape index (κ3) is 4.48. The van der Waals surface area contributed by atoms with E-state index in [2.05, 4.69) is 15.6 Å². The van der Waals surface area contributed by atoms with E-state index in [-0.39, 0.29) is 11.8 Å². The maximum absolute atomic E-state index is 13.5. The third-order valence-electron chi connectivity index (χ3n) is 2.85. The van der Waals surface area contributed by atoms with Crippen molar-refractivity contribution in [2.75, 3.05) is 19.0 Å². The molecule has 112 valence electrons. The number of carbonyl (C=O) groups is 1. The molecule has 0 unspecified atom stereocenters. The lowest BCUT2D eigenvalue weighted by molar-refractivity contribution is 0.252. The summed E-state index contributed by atoms with van der Waals surface area (Å²) in [5.41, 5.74) is 0.375. The fourth-order valence-electron chi connectivity index (χ4n) is 1.80. The summed E-state index contributed by atoms with van der Waals surface area (Å²) in [4.78, 5) is 15.6. The van der Waals surface area contributed by atoms with Crippen molar-refractivity contribution in [1.82, 2.24) is 14.9 Å². The van der Waals surface area contributed by atoms with Gasteiger partial charge in [0.25, 0.3) is 0 Å². The Kier molecular flexibility index (Phi) is 5.14. The monoisotopic (exact) mass is 292 g/mol. The first-order valence-electron chi connectivity index (χ1n) is 6.53. The van der Waals surface area contributed by atoms with Gasteiger partial charge in [-0.2, -0.15) is 0 Å². The molecule has 1 aromatic carbocycles. The van der Waals surface area contributed by atoms with Crippen LogP contribution >= 0.6 is 0 Å². The molecule has 2 N–H and O–H groups in total. The summed E-state index contributed by atoms with van der Waals surface area (Å²) in [6.45, 7) is 1.29. The molecule has 1 aromatic heterocycles. The lowest BCUT2D eigenvalue weighted by atomic mass is 10.3. The molecule has 21 heavy (non-hydrogen) atoms. The summed E-state index contributed by atoms with van der Waals surface area (Å²) in [5, 5.41) is 5.27. The molecular formula is C14H17FN4O2. The first-order valence-corrected chi connectivity index (χ1v) is 6.53. The predicted octanol–water partition coefficient (Wildman–Crippen LogP) is 2.24. The van der Waals surface area contributed by atoms with E-state index in [0.29, 0.717) is 12.2 Å². The number of ether oxygens (including phenoxy) is 1. The zero-order valence-corrected chi connectivity index (χ0v) is 11.7. The quantitative estimate of drug-likeness (QED) is 0.802. The van der Waals surface area contributed by atoms with Gasteiger partial charge in [0.05, 0.1) is 13.4 Å². The minimum atomic E-state index is -0.518. The van der Waals surface area contributed by atoms with Crippen LogP contribution in [0.25, 0.3) is 0 Å². The average molecular weight is 292 g/mol. The highest BCUT2D eigenvalue weighted by Crippen LogP contribution is 2.20. The smallest absolute Gasteiger partial charge is 0.319 e. The molecule has 2 aromatic rings. The van der Waals surface area contributed by atoms with E-state index >= 15 is 0 Å². The van der Waals surface area contributed by atoms with Gasteiger partial charge >= 0.3 is 6.03 Å². The number of carbonyl (C=O) groups excluding carboxylic acids is 1. The van der Waals surface area contributed by atoms with Crippen molar-refractivity contribution in [3.63, 3.8) is 0 Å². The summed E-state index contributed by atoms with van der Waals surface area (Å²) in [7, 11) is 1.39. The number of benzene rings is 1. The van der Waals surface area contributed by atoms with Crippen LogP contribution in [0, 0.1) is 5.82 Å². The highest BCUT2D eigenvalue weighted by atomic mass is 19.1. The van der Waals surface area contributed by atoms with Crippen molar-refractivity contribution < 1.29 is 13.9 Å². The van der Waals surface area contributed by atoms with Crippen LogP contribution in [0.5, 0.6) is 5.75 Å². The number of nitrogens with one attached hydrogen (secondary N) is 2. The molecule has 2 rings (SSSR count). The van der Waals surface area contributed by atoms with Gasteiger partial charge in [0.15, 0.2) is 11.6 Å². The van der Waals surface area contributed by atoms with Gasteiger partial charge in [-0.15, -0.1) is 0 Å². The van der Waals surface area contributed by atoms with E-state index in [1.807, 2.05) is 10.8 Å². The molecule has 0 saturated carbocycles. The molecule has 0 atom stereocenters. The van der Waals surface area contributed by atoms with Crippen LogP contribution in [0.4, 0.5) is 14.9 Å².